The fraction of sp³-hybridized carbons (Fsp3) is 0.789. The second-order valence-electron chi connectivity index (χ2n) is 7.05. The summed E-state index contributed by atoms with van der Waals surface area (Å²) < 4.78 is 41.6. The van der Waals surface area contributed by atoms with E-state index in [1.807, 2.05) is 0 Å². The zero-order chi connectivity index (χ0) is 26.7. The van der Waals surface area contributed by atoms with Gasteiger partial charge in [0.25, 0.3) is 0 Å². The Morgan fingerprint density at radius 2 is 1.40 bits per heavy atom. The maximum Gasteiger partial charge on any atom is 0.472 e. The number of phosphoric acid groups is 1. The summed E-state index contributed by atoms with van der Waals surface area (Å²) in [7, 11) is -1.29. The minimum atomic E-state index is -4.73. The first-order chi connectivity index (χ1) is 16.5. The number of rotatable bonds is 20. The van der Waals surface area contributed by atoms with Gasteiger partial charge in [-0.05, 0) is 33.5 Å². The van der Waals surface area contributed by atoms with Crippen LogP contribution in [-0.2, 0) is 46.9 Å². The van der Waals surface area contributed by atoms with Crippen molar-refractivity contribution < 1.29 is 56.6 Å². The summed E-state index contributed by atoms with van der Waals surface area (Å²) in [6.45, 7) is 0.103. The van der Waals surface area contributed by atoms with Crippen molar-refractivity contribution in [1.82, 2.24) is 10.6 Å². The summed E-state index contributed by atoms with van der Waals surface area (Å²) in [5.41, 5.74) is 0. The van der Waals surface area contributed by atoms with Crippen LogP contribution < -0.4 is 10.6 Å². The number of esters is 3. The molecule has 0 spiro atoms. The van der Waals surface area contributed by atoms with Gasteiger partial charge in [-0.15, -0.1) is 0 Å². The maximum atomic E-state index is 12.2. The smallest absolute Gasteiger partial charge is 0.462 e. The van der Waals surface area contributed by atoms with Crippen LogP contribution in [0.5, 0.6) is 0 Å². The lowest BCUT2D eigenvalue weighted by molar-refractivity contribution is -0.161. The third-order valence-electron chi connectivity index (χ3n) is 3.94. The lowest BCUT2D eigenvalue weighted by atomic mass is 10.2. The van der Waals surface area contributed by atoms with Crippen LogP contribution in [-0.4, -0.2) is 93.5 Å². The molecule has 204 valence electrons. The molecule has 0 rings (SSSR count). The molecule has 0 aromatic rings. The molecule has 2 unspecified atom stereocenters. The number of unbranched alkanes of at least 4 members (excludes halogenated alkanes) is 1. The van der Waals surface area contributed by atoms with E-state index in [0.29, 0.717) is 13.0 Å². The Morgan fingerprint density at radius 1 is 0.829 bits per heavy atom. The van der Waals surface area contributed by atoms with Gasteiger partial charge in [-0.25, -0.2) is 9.36 Å². The summed E-state index contributed by atoms with van der Waals surface area (Å²) in [5, 5.41) is 5.73. The van der Waals surface area contributed by atoms with Crippen LogP contribution in [0, 0.1) is 0 Å². The minimum absolute atomic E-state index is 0.00793. The van der Waals surface area contributed by atoms with Gasteiger partial charge in [-0.3, -0.25) is 23.4 Å². The molecule has 0 aliphatic rings. The summed E-state index contributed by atoms with van der Waals surface area (Å²) >= 11 is 2.53. The van der Waals surface area contributed by atoms with Gasteiger partial charge >= 0.3 is 30.6 Å². The summed E-state index contributed by atoms with van der Waals surface area (Å²) in [6.07, 6.45) is -0.856. The second-order valence-corrected chi connectivity index (χ2v) is 9.15. The van der Waals surface area contributed by atoms with Crippen molar-refractivity contribution in [3.05, 3.63) is 0 Å². The Morgan fingerprint density at radius 3 is 1.94 bits per heavy atom. The Balaban J connectivity index is 4.85. The summed E-state index contributed by atoms with van der Waals surface area (Å²) in [5.74, 6) is -1.83. The standard InChI is InChI=1S/C19H34BrN2O12P/c1-14(23)29-10-16(34-19(20)26)13-32-35(27,28)31-12-15(33-18(25)7-9-22-3)11-30-17(24)6-4-5-8-21-2/h15-16,21-22H,4-13H2,1-3H3,(H,27,28)/t15?,16-/m1/s1. The molecule has 0 saturated heterocycles. The van der Waals surface area contributed by atoms with Gasteiger partial charge in [0.15, 0.2) is 12.2 Å². The molecule has 0 fully saturated rings. The molecule has 0 bridgehead atoms. The molecule has 0 saturated carbocycles. The number of phosphoric ester groups is 1. The molecule has 0 aliphatic carbocycles. The number of ether oxygens (including phenoxy) is 4. The first-order valence-electron chi connectivity index (χ1n) is 10.7. The molecule has 0 aromatic carbocycles. The SMILES string of the molecule is CNCCCCC(=O)OCC(COP(=O)(O)OC[C@@H](COC(C)=O)OC(=O)Br)OC(=O)CCNC. The first kappa shape index (κ1) is 33.4. The van der Waals surface area contributed by atoms with E-state index in [2.05, 4.69) is 26.6 Å². The van der Waals surface area contributed by atoms with Gasteiger partial charge in [0.2, 0.25) is 0 Å². The quantitative estimate of drug-likeness (QED) is 0.0598. The molecule has 35 heavy (non-hydrogen) atoms. The molecule has 3 N–H and O–H groups in total. The van der Waals surface area contributed by atoms with Gasteiger partial charge in [0, 0.05) is 35.8 Å². The van der Waals surface area contributed by atoms with Gasteiger partial charge in [-0.2, -0.15) is 0 Å². The fourth-order valence-corrected chi connectivity index (χ4v) is 3.31. The van der Waals surface area contributed by atoms with Gasteiger partial charge in [-0.1, -0.05) is 0 Å². The van der Waals surface area contributed by atoms with E-state index >= 15 is 0 Å². The second kappa shape index (κ2) is 19.6. The van der Waals surface area contributed by atoms with Crippen molar-refractivity contribution >= 4 is 46.5 Å². The van der Waals surface area contributed by atoms with Crippen LogP contribution in [0.1, 0.15) is 32.6 Å². The van der Waals surface area contributed by atoms with Crippen molar-refractivity contribution in [3.63, 3.8) is 0 Å². The number of hydrogen-bond donors (Lipinski definition) is 3. The first-order valence-corrected chi connectivity index (χ1v) is 13.0. The van der Waals surface area contributed by atoms with E-state index in [1.54, 1.807) is 14.1 Å². The van der Waals surface area contributed by atoms with Crippen molar-refractivity contribution in [3.8, 4) is 0 Å². The van der Waals surface area contributed by atoms with Gasteiger partial charge < -0.3 is 34.5 Å². The number of hydrogen-bond acceptors (Lipinski definition) is 13. The van der Waals surface area contributed by atoms with Gasteiger partial charge in [0.1, 0.15) is 13.2 Å². The molecule has 0 radical (unpaired) electrons. The van der Waals surface area contributed by atoms with Crippen molar-refractivity contribution in [2.24, 2.45) is 0 Å². The summed E-state index contributed by atoms with van der Waals surface area (Å²) in [6, 6.07) is 0. The van der Waals surface area contributed by atoms with Crippen LogP contribution in [0.2, 0.25) is 0 Å². The zero-order valence-electron chi connectivity index (χ0n) is 20.0. The zero-order valence-corrected chi connectivity index (χ0v) is 22.5. The van der Waals surface area contributed by atoms with Crippen LogP contribution in [0.15, 0.2) is 0 Å². The predicted molar refractivity (Wildman–Crippen MR) is 125 cm³/mol. The van der Waals surface area contributed by atoms with E-state index in [9.17, 15) is 28.6 Å². The predicted octanol–water partition coefficient (Wildman–Crippen LogP) is 1.04. The Labute approximate surface area is 212 Å². The minimum Gasteiger partial charge on any atom is -0.462 e. The average molecular weight is 593 g/mol. The topological polar surface area (TPSA) is 185 Å². The third-order valence-corrected chi connectivity index (χ3v) is 5.08. The lowest BCUT2D eigenvalue weighted by Gasteiger charge is -2.21. The lowest BCUT2D eigenvalue weighted by Crippen LogP contribution is -2.31. The van der Waals surface area contributed by atoms with E-state index in [0.717, 1.165) is 19.9 Å². The molecule has 0 heterocycles. The van der Waals surface area contributed by atoms with Crippen LogP contribution in [0.4, 0.5) is 4.79 Å². The van der Waals surface area contributed by atoms with Crippen molar-refractivity contribution in [2.45, 2.75) is 44.8 Å². The normalized spacial score (nSPS) is 14.3. The van der Waals surface area contributed by atoms with E-state index < -0.39 is 69.2 Å². The van der Waals surface area contributed by atoms with E-state index in [-0.39, 0.29) is 12.8 Å². The van der Waals surface area contributed by atoms with Crippen LogP contribution in [0.3, 0.4) is 0 Å². The molecule has 14 nitrogen and oxygen atoms in total. The van der Waals surface area contributed by atoms with Crippen LogP contribution in [0.25, 0.3) is 0 Å². The molecule has 0 aliphatic heterocycles. The summed E-state index contributed by atoms with van der Waals surface area (Å²) in [4.78, 5) is 54.9. The Bertz CT molecular complexity index is 711. The Hall–Kier alpha value is -1.61. The third kappa shape index (κ3) is 20.3. The number of carbonyl (C=O) groups is 4. The van der Waals surface area contributed by atoms with E-state index in [1.165, 1.54) is 0 Å². The highest BCUT2D eigenvalue weighted by atomic mass is 79.9. The number of nitrogens with one attached hydrogen (secondary N) is 2. The molecule has 3 atom stereocenters. The van der Waals surface area contributed by atoms with Gasteiger partial charge in [0.05, 0.1) is 19.6 Å². The molecular formula is C19H34BrN2O12P. The van der Waals surface area contributed by atoms with E-state index in [4.69, 9.17) is 28.0 Å². The number of halogens is 1. The fourth-order valence-electron chi connectivity index (χ4n) is 2.27. The average Bonchev–Trinajstić information content (AvgIpc) is 2.78. The molecule has 0 aromatic heterocycles. The number of carbonyl (C=O) groups excluding carboxylic acids is 4. The van der Waals surface area contributed by atoms with Crippen molar-refractivity contribution in [2.75, 3.05) is 53.6 Å². The Kier molecular flexibility index (Phi) is 18.7. The molecule has 16 heteroatoms. The van der Waals surface area contributed by atoms with Crippen LogP contribution >= 0.6 is 23.8 Å². The highest BCUT2D eigenvalue weighted by molar-refractivity contribution is 9.18. The molecular weight excluding hydrogens is 559 g/mol. The van der Waals surface area contributed by atoms with Crippen molar-refractivity contribution in [1.29, 1.82) is 0 Å². The molecule has 0 amide bonds. The monoisotopic (exact) mass is 592 g/mol. The highest BCUT2D eigenvalue weighted by Gasteiger charge is 2.28. The largest absolute Gasteiger partial charge is 0.472 e. The highest BCUT2D eigenvalue weighted by Crippen LogP contribution is 2.43. The maximum absolute atomic E-state index is 12.2.